The summed E-state index contributed by atoms with van der Waals surface area (Å²) in [7, 11) is 0. The Labute approximate surface area is 107 Å². The zero-order valence-corrected chi connectivity index (χ0v) is 10.2. The van der Waals surface area contributed by atoms with Gasteiger partial charge in [-0.3, -0.25) is 10.1 Å². The first-order chi connectivity index (χ1) is 8.20. The van der Waals surface area contributed by atoms with E-state index in [1.165, 1.54) is 6.33 Å². The van der Waals surface area contributed by atoms with Crippen LogP contribution in [0.3, 0.4) is 0 Å². The van der Waals surface area contributed by atoms with Gasteiger partial charge in [-0.2, -0.15) is 9.97 Å². The summed E-state index contributed by atoms with van der Waals surface area (Å²) < 4.78 is 0. The Balaban J connectivity index is 2.16. The fourth-order valence-corrected chi connectivity index (χ4v) is 1.62. The number of rotatable bonds is 4. The summed E-state index contributed by atoms with van der Waals surface area (Å²) in [6, 6.07) is 0. The first kappa shape index (κ1) is 12.1. The molecule has 2 rings (SSSR count). The maximum atomic E-state index is 11.4. The van der Waals surface area contributed by atoms with Crippen molar-refractivity contribution in [1.29, 1.82) is 0 Å². The number of amides is 1. The molecule has 90 valence electrons. The quantitative estimate of drug-likeness (QED) is 0.659. The van der Waals surface area contributed by atoms with Gasteiger partial charge in [0.05, 0.1) is 6.33 Å². The van der Waals surface area contributed by atoms with E-state index in [0.29, 0.717) is 29.9 Å². The van der Waals surface area contributed by atoms with E-state index in [-0.39, 0.29) is 17.0 Å². The van der Waals surface area contributed by atoms with Gasteiger partial charge in [0, 0.05) is 12.3 Å². The molecule has 0 spiro atoms. The predicted molar refractivity (Wildman–Crippen MR) is 65.3 cm³/mol. The molecule has 0 aliphatic carbocycles. The third-order valence-electron chi connectivity index (χ3n) is 2.03. The predicted octanol–water partition coefficient (Wildman–Crippen LogP) is 1.96. The van der Waals surface area contributed by atoms with Gasteiger partial charge < -0.3 is 4.98 Å². The number of anilines is 1. The van der Waals surface area contributed by atoms with Crippen molar-refractivity contribution in [2.24, 2.45) is 0 Å². The Kier molecular flexibility index (Phi) is 3.75. The number of hydrogen-bond acceptors (Lipinski definition) is 4. The van der Waals surface area contributed by atoms with Crippen molar-refractivity contribution in [3.05, 3.63) is 11.5 Å². The van der Waals surface area contributed by atoms with Crippen LogP contribution in [0.4, 0.5) is 5.95 Å². The topological polar surface area (TPSA) is 83.6 Å². The van der Waals surface area contributed by atoms with Crippen LogP contribution in [-0.2, 0) is 4.79 Å². The van der Waals surface area contributed by atoms with E-state index in [9.17, 15) is 4.79 Å². The average Bonchev–Trinajstić information content (AvgIpc) is 2.75. The number of nitrogens with zero attached hydrogens (tertiary/aromatic N) is 3. The second-order valence-electron chi connectivity index (χ2n) is 3.28. The molecule has 0 saturated heterocycles. The van der Waals surface area contributed by atoms with Gasteiger partial charge in [-0.1, -0.05) is 11.6 Å². The number of hydrogen-bond donors (Lipinski definition) is 2. The zero-order valence-electron chi connectivity index (χ0n) is 8.70. The minimum atomic E-state index is -0.198. The molecule has 2 heterocycles. The Morgan fingerprint density at radius 3 is 3.06 bits per heavy atom. The molecule has 2 aromatic rings. The smallest absolute Gasteiger partial charge is 0.233 e. The lowest BCUT2D eigenvalue weighted by Crippen LogP contribution is -2.13. The van der Waals surface area contributed by atoms with Gasteiger partial charge in [0.25, 0.3) is 0 Å². The van der Waals surface area contributed by atoms with Crippen LogP contribution in [0.2, 0.25) is 5.15 Å². The van der Waals surface area contributed by atoms with Gasteiger partial charge in [-0.15, -0.1) is 11.6 Å². The summed E-state index contributed by atoms with van der Waals surface area (Å²) >= 11 is 11.4. The highest BCUT2D eigenvalue weighted by atomic mass is 35.5. The molecule has 0 aliphatic heterocycles. The Morgan fingerprint density at radius 1 is 1.47 bits per heavy atom. The minimum Gasteiger partial charge on any atom is -0.341 e. The molecule has 17 heavy (non-hydrogen) atoms. The number of carbonyl (C=O) groups excluding carboxylic acids is 1. The lowest BCUT2D eigenvalue weighted by atomic mass is 10.3. The van der Waals surface area contributed by atoms with Crippen LogP contribution >= 0.6 is 23.2 Å². The summed E-state index contributed by atoms with van der Waals surface area (Å²) in [6.07, 6.45) is 2.39. The van der Waals surface area contributed by atoms with Crippen LogP contribution in [0.15, 0.2) is 6.33 Å². The van der Waals surface area contributed by atoms with E-state index in [4.69, 9.17) is 23.2 Å². The van der Waals surface area contributed by atoms with Crippen LogP contribution in [0, 0.1) is 0 Å². The van der Waals surface area contributed by atoms with Crippen LogP contribution in [-0.4, -0.2) is 31.7 Å². The van der Waals surface area contributed by atoms with Gasteiger partial charge >= 0.3 is 0 Å². The Bertz CT molecular complexity index is 541. The van der Waals surface area contributed by atoms with Gasteiger partial charge in [-0.25, -0.2) is 4.98 Å². The summed E-state index contributed by atoms with van der Waals surface area (Å²) in [5, 5.41) is 2.76. The molecular formula is C9H9Cl2N5O. The van der Waals surface area contributed by atoms with Crippen molar-refractivity contribution >= 4 is 46.2 Å². The van der Waals surface area contributed by atoms with Crippen LogP contribution in [0.5, 0.6) is 0 Å². The van der Waals surface area contributed by atoms with E-state index in [1.54, 1.807) is 0 Å². The molecule has 0 fully saturated rings. The molecule has 0 radical (unpaired) electrons. The maximum Gasteiger partial charge on any atom is 0.233 e. The largest absolute Gasteiger partial charge is 0.341 e. The highest BCUT2D eigenvalue weighted by Gasteiger charge is 2.10. The lowest BCUT2D eigenvalue weighted by Gasteiger charge is -2.02. The van der Waals surface area contributed by atoms with Gasteiger partial charge in [-0.05, 0) is 6.42 Å². The first-order valence-electron chi connectivity index (χ1n) is 4.93. The third kappa shape index (κ3) is 2.83. The molecular weight excluding hydrogens is 265 g/mol. The number of aromatic amines is 1. The van der Waals surface area contributed by atoms with Crippen molar-refractivity contribution < 1.29 is 4.79 Å². The highest BCUT2D eigenvalue weighted by molar-refractivity contribution is 6.33. The summed E-state index contributed by atoms with van der Waals surface area (Å²) in [4.78, 5) is 26.2. The Hall–Kier alpha value is -1.40. The number of H-pyrrole nitrogens is 1. The van der Waals surface area contributed by atoms with Crippen molar-refractivity contribution in [2.75, 3.05) is 11.2 Å². The van der Waals surface area contributed by atoms with E-state index in [2.05, 4.69) is 25.3 Å². The molecule has 0 aromatic carbocycles. The Morgan fingerprint density at radius 2 is 2.29 bits per heavy atom. The molecule has 2 aromatic heterocycles. The van der Waals surface area contributed by atoms with E-state index >= 15 is 0 Å². The zero-order chi connectivity index (χ0) is 12.3. The van der Waals surface area contributed by atoms with Gasteiger partial charge in [0.15, 0.2) is 10.8 Å². The lowest BCUT2D eigenvalue weighted by molar-refractivity contribution is -0.116. The van der Waals surface area contributed by atoms with Crippen molar-refractivity contribution in [2.45, 2.75) is 12.8 Å². The van der Waals surface area contributed by atoms with Crippen LogP contribution < -0.4 is 5.32 Å². The molecule has 8 heteroatoms. The minimum absolute atomic E-state index is 0.147. The standard InChI is InChI=1S/C9H9Cl2N5O/c10-3-1-2-5(17)14-9-15-7(11)6-8(16-9)13-4-12-6/h4H,1-3H2,(H2,12,13,14,15,16,17). The van der Waals surface area contributed by atoms with Crippen molar-refractivity contribution in [3.63, 3.8) is 0 Å². The van der Waals surface area contributed by atoms with Crippen LogP contribution in [0.25, 0.3) is 11.2 Å². The molecule has 0 saturated carbocycles. The first-order valence-corrected chi connectivity index (χ1v) is 5.84. The molecule has 0 aliphatic rings. The molecule has 2 N–H and O–H groups in total. The number of nitrogens with one attached hydrogen (secondary N) is 2. The van der Waals surface area contributed by atoms with E-state index < -0.39 is 0 Å². The SMILES string of the molecule is O=C(CCCCl)Nc1nc(Cl)c2[nH]cnc2n1. The van der Waals surface area contributed by atoms with Crippen LogP contribution in [0.1, 0.15) is 12.8 Å². The summed E-state index contributed by atoms with van der Waals surface area (Å²) in [5.41, 5.74) is 0.961. The highest BCUT2D eigenvalue weighted by Crippen LogP contribution is 2.18. The summed E-state index contributed by atoms with van der Waals surface area (Å²) in [5.74, 6) is 0.388. The fourth-order valence-electron chi connectivity index (χ4n) is 1.27. The van der Waals surface area contributed by atoms with Crippen molar-refractivity contribution in [1.82, 2.24) is 19.9 Å². The number of imidazole rings is 1. The molecule has 6 nitrogen and oxygen atoms in total. The molecule has 0 bridgehead atoms. The third-order valence-corrected chi connectivity index (χ3v) is 2.57. The second kappa shape index (κ2) is 5.29. The number of alkyl halides is 1. The number of aromatic nitrogens is 4. The normalized spacial score (nSPS) is 10.7. The number of carbonyl (C=O) groups is 1. The average molecular weight is 274 g/mol. The monoisotopic (exact) mass is 273 g/mol. The maximum absolute atomic E-state index is 11.4. The number of halogens is 2. The molecule has 0 unspecified atom stereocenters. The second-order valence-corrected chi connectivity index (χ2v) is 4.02. The molecule has 1 amide bonds. The van der Waals surface area contributed by atoms with E-state index in [0.717, 1.165) is 0 Å². The van der Waals surface area contributed by atoms with Gasteiger partial charge in [0.1, 0.15) is 5.52 Å². The number of fused-ring (bicyclic) bond motifs is 1. The fraction of sp³-hybridized carbons (Fsp3) is 0.333. The van der Waals surface area contributed by atoms with Crippen molar-refractivity contribution in [3.8, 4) is 0 Å². The van der Waals surface area contributed by atoms with E-state index in [1.807, 2.05) is 0 Å². The summed E-state index contributed by atoms with van der Waals surface area (Å²) in [6.45, 7) is 0. The molecule has 0 atom stereocenters. The van der Waals surface area contributed by atoms with Gasteiger partial charge in [0.2, 0.25) is 11.9 Å².